The first-order valence-corrected chi connectivity index (χ1v) is 5.62. The average Bonchev–Trinajstić information content (AvgIpc) is 2.27. The lowest BCUT2D eigenvalue weighted by Gasteiger charge is -2.08. The van der Waals surface area contributed by atoms with Crippen molar-refractivity contribution in [1.82, 2.24) is 0 Å². The molecular formula is C15H16O2. The number of aryl methyl sites for hydroxylation is 2. The van der Waals surface area contributed by atoms with Crippen molar-refractivity contribution < 1.29 is 9.84 Å². The van der Waals surface area contributed by atoms with Gasteiger partial charge in [-0.3, -0.25) is 0 Å². The molecule has 2 aromatic carbocycles. The quantitative estimate of drug-likeness (QED) is 0.870. The first kappa shape index (κ1) is 11.5. The molecule has 0 bridgehead atoms. The molecule has 2 rings (SSSR count). The van der Waals surface area contributed by atoms with Gasteiger partial charge in [-0.1, -0.05) is 18.2 Å². The third-order valence-corrected chi connectivity index (χ3v) is 2.54. The summed E-state index contributed by atoms with van der Waals surface area (Å²) in [5.41, 5.74) is 3.44. The van der Waals surface area contributed by atoms with Gasteiger partial charge in [-0.2, -0.15) is 0 Å². The third kappa shape index (κ3) is 3.25. The van der Waals surface area contributed by atoms with Crippen LogP contribution in [0.15, 0.2) is 42.5 Å². The van der Waals surface area contributed by atoms with E-state index < -0.39 is 0 Å². The Balaban J connectivity index is 2.04. The molecule has 0 fully saturated rings. The minimum absolute atomic E-state index is 0.278. The van der Waals surface area contributed by atoms with Crippen molar-refractivity contribution in [2.24, 2.45) is 0 Å². The van der Waals surface area contributed by atoms with Crippen molar-refractivity contribution in [3.05, 3.63) is 59.2 Å². The van der Waals surface area contributed by atoms with Crippen LogP contribution in [0.5, 0.6) is 11.5 Å². The molecule has 0 saturated carbocycles. The Hall–Kier alpha value is -1.96. The van der Waals surface area contributed by atoms with Crippen LogP contribution in [-0.4, -0.2) is 5.11 Å². The van der Waals surface area contributed by atoms with E-state index in [9.17, 15) is 5.11 Å². The second kappa shape index (κ2) is 4.91. The van der Waals surface area contributed by atoms with Crippen LogP contribution in [0.25, 0.3) is 0 Å². The van der Waals surface area contributed by atoms with Gasteiger partial charge in [-0.05, 0) is 54.8 Å². The van der Waals surface area contributed by atoms with Crippen molar-refractivity contribution >= 4 is 0 Å². The van der Waals surface area contributed by atoms with Gasteiger partial charge in [0.05, 0.1) is 0 Å². The molecule has 0 aliphatic heterocycles. The second-order valence-corrected chi connectivity index (χ2v) is 4.28. The number of hydrogen-bond donors (Lipinski definition) is 1. The number of rotatable bonds is 3. The molecule has 2 nitrogen and oxygen atoms in total. The molecule has 0 amide bonds. The standard InChI is InChI=1S/C15H16O2/c1-11-7-12(2)9-15(8-11)17-10-13-3-5-14(16)6-4-13/h3-9,16H,10H2,1-2H3. The zero-order chi connectivity index (χ0) is 12.3. The van der Waals surface area contributed by atoms with E-state index in [4.69, 9.17) is 4.74 Å². The molecule has 0 aromatic heterocycles. The van der Waals surface area contributed by atoms with E-state index in [2.05, 4.69) is 19.9 Å². The Morgan fingerprint density at radius 3 is 2.12 bits per heavy atom. The Kier molecular flexibility index (Phi) is 3.33. The van der Waals surface area contributed by atoms with Gasteiger partial charge in [-0.15, -0.1) is 0 Å². The van der Waals surface area contributed by atoms with Crippen LogP contribution in [0.3, 0.4) is 0 Å². The van der Waals surface area contributed by atoms with Gasteiger partial charge < -0.3 is 9.84 Å². The summed E-state index contributed by atoms with van der Waals surface area (Å²) in [5, 5.41) is 9.17. The van der Waals surface area contributed by atoms with Crippen LogP contribution >= 0.6 is 0 Å². The van der Waals surface area contributed by atoms with E-state index >= 15 is 0 Å². The number of hydrogen-bond acceptors (Lipinski definition) is 2. The summed E-state index contributed by atoms with van der Waals surface area (Å²) < 4.78 is 5.71. The fourth-order valence-corrected chi connectivity index (χ4v) is 1.78. The average molecular weight is 228 g/mol. The van der Waals surface area contributed by atoms with Crippen molar-refractivity contribution in [2.75, 3.05) is 0 Å². The van der Waals surface area contributed by atoms with E-state index in [-0.39, 0.29) is 5.75 Å². The summed E-state index contributed by atoms with van der Waals surface area (Å²) in [6, 6.07) is 13.2. The molecule has 2 heteroatoms. The zero-order valence-electron chi connectivity index (χ0n) is 10.1. The monoisotopic (exact) mass is 228 g/mol. The largest absolute Gasteiger partial charge is 0.508 e. The molecule has 17 heavy (non-hydrogen) atoms. The van der Waals surface area contributed by atoms with Gasteiger partial charge in [0, 0.05) is 0 Å². The number of phenolic OH excluding ortho intramolecular Hbond substituents is 1. The van der Waals surface area contributed by atoms with Crippen LogP contribution < -0.4 is 4.74 Å². The van der Waals surface area contributed by atoms with E-state index in [1.165, 1.54) is 11.1 Å². The number of benzene rings is 2. The molecule has 0 atom stereocenters. The van der Waals surface area contributed by atoms with Crippen molar-refractivity contribution in [1.29, 1.82) is 0 Å². The Morgan fingerprint density at radius 2 is 1.53 bits per heavy atom. The summed E-state index contributed by atoms with van der Waals surface area (Å²) in [5.74, 6) is 1.16. The second-order valence-electron chi connectivity index (χ2n) is 4.28. The van der Waals surface area contributed by atoms with Gasteiger partial charge in [-0.25, -0.2) is 0 Å². The Labute approximate surface area is 101 Å². The fraction of sp³-hybridized carbons (Fsp3) is 0.200. The van der Waals surface area contributed by atoms with Gasteiger partial charge in [0.25, 0.3) is 0 Å². The molecule has 0 saturated heterocycles. The number of phenols is 1. The highest BCUT2D eigenvalue weighted by molar-refractivity contribution is 5.33. The lowest BCUT2D eigenvalue weighted by Crippen LogP contribution is -1.95. The summed E-state index contributed by atoms with van der Waals surface area (Å²) in [6.45, 7) is 4.63. The highest BCUT2D eigenvalue weighted by atomic mass is 16.5. The maximum Gasteiger partial charge on any atom is 0.120 e. The highest BCUT2D eigenvalue weighted by Gasteiger charge is 1.98. The van der Waals surface area contributed by atoms with E-state index in [1.807, 2.05) is 24.3 Å². The summed E-state index contributed by atoms with van der Waals surface area (Å²) in [6.07, 6.45) is 0. The Morgan fingerprint density at radius 1 is 0.941 bits per heavy atom. The lowest BCUT2D eigenvalue weighted by molar-refractivity contribution is 0.305. The number of ether oxygens (including phenoxy) is 1. The predicted molar refractivity (Wildman–Crippen MR) is 68.4 cm³/mol. The molecule has 0 aliphatic carbocycles. The first-order chi connectivity index (χ1) is 8.13. The molecular weight excluding hydrogens is 212 g/mol. The summed E-state index contributed by atoms with van der Waals surface area (Å²) in [4.78, 5) is 0. The third-order valence-electron chi connectivity index (χ3n) is 2.54. The summed E-state index contributed by atoms with van der Waals surface area (Å²) >= 11 is 0. The highest BCUT2D eigenvalue weighted by Crippen LogP contribution is 2.18. The molecule has 2 aromatic rings. The van der Waals surface area contributed by atoms with Crippen LogP contribution in [0.1, 0.15) is 16.7 Å². The van der Waals surface area contributed by atoms with E-state index in [1.54, 1.807) is 12.1 Å². The molecule has 0 radical (unpaired) electrons. The van der Waals surface area contributed by atoms with Crippen molar-refractivity contribution in [3.63, 3.8) is 0 Å². The minimum Gasteiger partial charge on any atom is -0.508 e. The molecule has 1 N–H and O–H groups in total. The Bertz CT molecular complexity index is 481. The van der Waals surface area contributed by atoms with E-state index in [0.29, 0.717) is 6.61 Å². The maximum absolute atomic E-state index is 9.17. The normalized spacial score (nSPS) is 10.2. The first-order valence-electron chi connectivity index (χ1n) is 5.62. The molecule has 0 spiro atoms. The molecule has 88 valence electrons. The minimum atomic E-state index is 0.278. The lowest BCUT2D eigenvalue weighted by atomic mass is 10.1. The smallest absolute Gasteiger partial charge is 0.120 e. The molecule has 0 aliphatic rings. The van der Waals surface area contributed by atoms with Gasteiger partial charge >= 0.3 is 0 Å². The topological polar surface area (TPSA) is 29.5 Å². The van der Waals surface area contributed by atoms with Gasteiger partial charge in [0.1, 0.15) is 18.1 Å². The maximum atomic E-state index is 9.17. The van der Waals surface area contributed by atoms with E-state index in [0.717, 1.165) is 11.3 Å². The predicted octanol–water partition coefficient (Wildman–Crippen LogP) is 3.59. The van der Waals surface area contributed by atoms with Crippen LogP contribution in [0.2, 0.25) is 0 Å². The number of aromatic hydroxyl groups is 1. The van der Waals surface area contributed by atoms with Crippen LogP contribution in [0.4, 0.5) is 0 Å². The molecule has 0 unspecified atom stereocenters. The van der Waals surface area contributed by atoms with Crippen LogP contribution in [-0.2, 0) is 6.61 Å². The van der Waals surface area contributed by atoms with Crippen molar-refractivity contribution in [3.8, 4) is 11.5 Å². The fourth-order valence-electron chi connectivity index (χ4n) is 1.78. The zero-order valence-corrected chi connectivity index (χ0v) is 10.1. The van der Waals surface area contributed by atoms with Gasteiger partial charge in [0.2, 0.25) is 0 Å². The summed E-state index contributed by atoms with van der Waals surface area (Å²) in [7, 11) is 0. The SMILES string of the molecule is Cc1cc(C)cc(OCc2ccc(O)cc2)c1. The van der Waals surface area contributed by atoms with Crippen molar-refractivity contribution in [2.45, 2.75) is 20.5 Å². The molecule has 0 heterocycles. The van der Waals surface area contributed by atoms with Crippen LogP contribution in [0, 0.1) is 13.8 Å². The van der Waals surface area contributed by atoms with Gasteiger partial charge in [0.15, 0.2) is 0 Å².